The van der Waals surface area contributed by atoms with Crippen LogP contribution in [0.3, 0.4) is 0 Å². The predicted molar refractivity (Wildman–Crippen MR) is 254 cm³/mol. The topological polar surface area (TPSA) is 35.1 Å². The molecule has 15 rings (SSSR count). The summed E-state index contributed by atoms with van der Waals surface area (Å²) in [5.41, 5.74) is 11.4. The van der Waals surface area contributed by atoms with Crippen LogP contribution in [0.5, 0.6) is 0 Å². The second-order valence-corrected chi connectivity index (χ2v) is 18.9. The number of thiophene rings is 3. The van der Waals surface area contributed by atoms with Gasteiger partial charge < -0.3 is 4.40 Å². The van der Waals surface area contributed by atoms with E-state index >= 15 is 0 Å². The average molecular weight is 803 g/mol. The molecule has 0 unspecified atom stereocenters. The summed E-state index contributed by atoms with van der Waals surface area (Å²) >= 11 is 5.53. The molecule has 0 bridgehead atoms. The molecule has 7 heterocycles. The quantitative estimate of drug-likeness (QED) is 0.178. The van der Waals surface area contributed by atoms with Gasteiger partial charge in [-0.1, -0.05) is 97.1 Å². The number of hydrogen-bond acceptors (Lipinski definition) is 5. The van der Waals surface area contributed by atoms with Gasteiger partial charge in [-0.15, -0.1) is 34.0 Å². The summed E-state index contributed by atoms with van der Waals surface area (Å²) in [6.07, 6.45) is 0. The van der Waals surface area contributed by atoms with Crippen LogP contribution < -0.4 is 0 Å². The number of rotatable bonds is 3. The van der Waals surface area contributed by atoms with Crippen LogP contribution in [-0.2, 0) is 0 Å². The van der Waals surface area contributed by atoms with Gasteiger partial charge in [0.05, 0.1) is 43.5 Å². The molecule has 0 spiro atoms. The zero-order valence-electron chi connectivity index (χ0n) is 31.0. The Morgan fingerprint density at radius 1 is 0.373 bits per heavy atom. The molecule has 0 atom stereocenters. The van der Waals surface area contributed by atoms with Crippen molar-refractivity contribution in [3.8, 4) is 28.3 Å². The fraction of sp³-hybridized carbons (Fsp3) is 0. The summed E-state index contributed by atoms with van der Waals surface area (Å²) in [6, 6.07) is 58.1. The van der Waals surface area contributed by atoms with E-state index in [0.29, 0.717) is 5.95 Å². The molecule has 0 N–H and O–H groups in total. The van der Waals surface area contributed by atoms with Gasteiger partial charge in [0.15, 0.2) is 0 Å². The van der Waals surface area contributed by atoms with Gasteiger partial charge in [0, 0.05) is 77.5 Å². The largest absolute Gasteiger partial charge is 0.308 e. The van der Waals surface area contributed by atoms with E-state index in [0.717, 1.165) is 37.9 Å². The van der Waals surface area contributed by atoms with E-state index in [9.17, 15) is 0 Å². The number of benzene rings is 8. The first-order valence-electron chi connectivity index (χ1n) is 19.8. The zero-order valence-corrected chi connectivity index (χ0v) is 33.5. The van der Waals surface area contributed by atoms with Crippen molar-refractivity contribution in [2.24, 2.45) is 0 Å². The van der Waals surface area contributed by atoms with Crippen molar-refractivity contribution < 1.29 is 0 Å². The number of nitrogens with zero attached hydrogens (tertiary/aromatic N) is 4. The Kier molecular flexibility index (Phi) is 5.79. The van der Waals surface area contributed by atoms with Crippen molar-refractivity contribution in [1.29, 1.82) is 0 Å². The minimum Gasteiger partial charge on any atom is -0.308 e. The average Bonchev–Trinajstić information content (AvgIpc) is 4.08. The van der Waals surface area contributed by atoms with Crippen LogP contribution in [0.15, 0.2) is 158 Å². The van der Waals surface area contributed by atoms with Gasteiger partial charge in [-0.2, -0.15) is 0 Å². The molecule has 272 valence electrons. The van der Waals surface area contributed by atoms with Crippen LogP contribution in [0.25, 0.3) is 138 Å². The summed E-state index contributed by atoms with van der Waals surface area (Å²) in [6.45, 7) is 0. The lowest BCUT2D eigenvalue weighted by Gasteiger charge is -2.11. The maximum atomic E-state index is 5.59. The van der Waals surface area contributed by atoms with Crippen molar-refractivity contribution >= 4 is 144 Å². The van der Waals surface area contributed by atoms with Crippen LogP contribution in [0.1, 0.15) is 0 Å². The Morgan fingerprint density at radius 2 is 1.02 bits per heavy atom. The van der Waals surface area contributed by atoms with Gasteiger partial charge in [-0.05, 0) is 71.8 Å². The number of aromatic nitrogens is 4. The van der Waals surface area contributed by atoms with Crippen molar-refractivity contribution in [2.75, 3.05) is 0 Å². The molecule has 0 radical (unpaired) electrons. The molecule has 4 nitrogen and oxygen atoms in total. The van der Waals surface area contributed by atoms with Crippen LogP contribution in [0.2, 0.25) is 0 Å². The molecule has 15 aromatic rings. The zero-order chi connectivity index (χ0) is 38.1. The van der Waals surface area contributed by atoms with Gasteiger partial charge in [0.25, 0.3) is 0 Å². The van der Waals surface area contributed by atoms with E-state index in [2.05, 4.69) is 167 Å². The van der Waals surface area contributed by atoms with E-state index in [1.807, 2.05) is 22.7 Å². The van der Waals surface area contributed by atoms with Gasteiger partial charge in [-0.3, -0.25) is 4.57 Å². The van der Waals surface area contributed by atoms with E-state index < -0.39 is 0 Å². The van der Waals surface area contributed by atoms with Crippen molar-refractivity contribution in [1.82, 2.24) is 18.9 Å². The van der Waals surface area contributed by atoms with E-state index in [1.165, 1.54) is 94.3 Å². The van der Waals surface area contributed by atoms with Crippen LogP contribution in [0, 0.1) is 0 Å². The summed E-state index contributed by atoms with van der Waals surface area (Å²) in [5.74, 6) is 0.689. The number of fused-ring (bicyclic) bond motifs is 10. The smallest absolute Gasteiger partial charge is 0.235 e. The first-order valence-corrected chi connectivity index (χ1v) is 22.3. The molecular weight excluding hydrogens is 777 g/mol. The highest BCUT2D eigenvalue weighted by atomic mass is 32.1. The third-order valence-corrected chi connectivity index (χ3v) is 16.1. The molecular formula is C52H26N4S3. The molecule has 0 fully saturated rings. The monoisotopic (exact) mass is 802 g/mol. The maximum absolute atomic E-state index is 5.59. The van der Waals surface area contributed by atoms with Crippen LogP contribution in [0.4, 0.5) is 0 Å². The lowest BCUT2D eigenvalue weighted by Crippen LogP contribution is -2.03. The highest BCUT2D eigenvalue weighted by Crippen LogP contribution is 2.50. The van der Waals surface area contributed by atoms with E-state index in [-0.39, 0.29) is 0 Å². The number of para-hydroxylation sites is 1. The first kappa shape index (κ1) is 31.1. The normalized spacial score (nSPS) is 12.7. The standard InChI is InChI=1S/C52H26N4S3/c1-4-11-35-30(8-1)32-21-24-43-47-46-42(58-43)25-22-38-45(46)44-36(55(35)50(32)47)12-7-13-37(44)56(38)52-53-48(51-49(54-52)33-10-3-6-15-40(33)59-51)28-18-16-27(17-19-28)29-20-23-41-34(26-29)31-9-2-5-14-39(31)57-41/h1-26H. The van der Waals surface area contributed by atoms with Crippen molar-refractivity contribution in [3.63, 3.8) is 0 Å². The Balaban J connectivity index is 1.01. The Bertz CT molecular complexity index is 4250. The molecule has 0 aliphatic rings. The molecule has 0 aliphatic heterocycles. The minimum absolute atomic E-state index is 0.689. The van der Waals surface area contributed by atoms with Crippen LogP contribution in [-0.4, -0.2) is 18.9 Å². The summed E-state index contributed by atoms with van der Waals surface area (Å²) in [5, 5.41) is 11.6. The second kappa shape index (κ2) is 11.0. The molecule has 7 aromatic heterocycles. The molecule has 0 amide bonds. The third kappa shape index (κ3) is 3.93. The Hall–Kier alpha value is -6.90. The second-order valence-electron chi connectivity index (χ2n) is 15.7. The highest BCUT2D eigenvalue weighted by molar-refractivity contribution is 7.27. The highest BCUT2D eigenvalue weighted by Gasteiger charge is 2.27. The molecule has 7 heteroatoms. The maximum Gasteiger partial charge on any atom is 0.235 e. The van der Waals surface area contributed by atoms with Gasteiger partial charge >= 0.3 is 0 Å². The molecule has 0 saturated heterocycles. The van der Waals surface area contributed by atoms with Gasteiger partial charge in [0.2, 0.25) is 5.95 Å². The van der Waals surface area contributed by atoms with E-state index in [1.54, 1.807) is 11.3 Å². The summed E-state index contributed by atoms with van der Waals surface area (Å²) in [4.78, 5) is 11.1. The lowest BCUT2D eigenvalue weighted by atomic mass is 10.0. The van der Waals surface area contributed by atoms with Crippen molar-refractivity contribution in [3.05, 3.63) is 158 Å². The van der Waals surface area contributed by atoms with E-state index in [4.69, 9.17) is 9.97 Å². The minimum atomic E-state index is 0.689. The number of hydrogen-bond donors (Lipinski definition) is 0. The molecule has 59 heavy (non-hydrogen) atoms. The Morgan fingerprint density at radius 3 is 1.92 bits per heavy atom. The van der Waals surface area contributed by atoms with Crippen LogP contribution >= 0.6 is 34.0 Å². The fourth-order valence-electron chi connectivity index (χ4n) is 10.2. The predicted octanol–water partition coefficient (Wildman–Crippen LogP) is 15.4. The third-order valence-electron chi connectivity index (χ3n) is 12.7. The van der Waals surface area contributed by atoms with Crippen molar-refractivity contribution in [2.45, 2.75) is 0 Å². The Labute approximate surface area is 346 Å². The molecule has 0 aliphatic carbocycles. The van der Waals surface area contributed by atoms with Gasteiger partial charge in [-0.25, -0.2) is 9.97 Å². The molecule has 0 saturated carbocycles. The SMILES string of the molecule is c1ccc2c(c1)sc1ccc(-c3ccc(-c4nc(-n5c6ccc7sc8ccc9c%10ccccc%10n%10c%11cccc5c%11c6c7c8c9%10)nc5c4sc4ccccc45)cc3)cc12. The summed E-state index contributed by atoms with van der Waals surface area (Å²) < 4.78 is 12.4. The summed E-state index contributed by atoms with van der Waals surface area (Å²) in [7, 11) is 0. The fourth-order valence-corrected chi connectivity index (χ4v) is 13.5. The van der Waals surface area contributed by atoms with Gasteiger partial charge in [0.1, 0.15) is 0 Å². The first-order chi connectivity index (χ1) is 29.2. The molecule has 8 aromatic carbocycles. The lowest BCUT2D eigenvalue weighted by molar-refractivity contribution is 1.02.